The number of aromatic amines is 1. The maximum Gasteiger partial charge on any atom is 0.275 e. The number of rotatable bonds is 10. The number of nitrogens with zero attached hydrogens (tertiary/aromatic N) is 4. The van der Waals surface area contributed by atoms with Gasteiger partial charge >= 0.3 is 0 Å². The van der Waals surface area contributed by atoms with Crippen LogP contribution in [-0.2, 0) is 0 Å². The molecule has 1 fully saturated rings. The number of hydrogen-bond donors (Lipinski definition) is 4. The maximum absolute atomic E-state index is 12.6. The number of nitrogens with one attached hydrogen (secondary N) is 3. The Bertz CT molecular complexity index is 1310. The number of amides is 1. The predicted molar refractivity (Wildman–Crippen MR) is 143 cm³/mol. The van der Waals surface area contributed by atoms with Crippen molar-refractivity contribution >= 4 is 23.3 Å². The van der Waals surface area contributed by atoms with Gasteiger partial charge in [0.2, 0.25) is 5.95 Å². The second-order valence-corrected chi connectivity index (χ2v) is 9.02. The van der Waals surface area contributed by atoms with E-state index in [1.807, 2.05) is 31.2 Å². The van der Waals surface area contributed by atoms with Crippen LogP contribution in [0.1, 0.15) is 48.7 Å². The lowest BCUT2D eigenvalue weighted by atomic mass is 9.98. The molecule has 0 spiro atoms. The van der Waals surface area contributed by atoms with E-state index in [0.717, 1.165) is 32.4 Å². The number of H-pyrrole nitrogens is 1. The SMILES string of the molecule is CCCC(=N)c1nc(-c2cccc(OCC3CCN(c4ncc(C(N)=O)cn4)CC3)c2)[nH]c(=O)c1NC. The number of ether oxygens (including phenoxy) is 1. The molecule has 1 amide bonds. The average Bonchev–Trinajstić information content (AvgIpc) is 2.92. The average molecular weight is 505 g/mol. The highest BCUT2D eigenvalue weighted by molar-refractivity contribution is 6.01. The summed E-state index contributed by atoms with van der Waals surface area (Å²) in [6.45, 7) is 4.13. The zero-order chi connectivity index (χ0) is 26.4. The molecule has 0 aliphatic carbocycles. The lowest BCUT2D eigenvalue weighted by Crippen LogP contribution is -2.36. The summed E-state index contributed by atoms with van der Waals surface area (Å²) in [4.78, 5) is 41.9. The molecule has 11 heteroatoms. The van der Waals surface area contributed by atoms with Crippen LogP contribution in [0.3, 0.4) is 0 Å². The zero-order valence-electron chi connectivity index (χ0n) is 21.1. The van der Waals surface area contributed by atoms with Crippen molar-refractivity contribution in [1.29, 1.82) is 5.41 Å². The molecule has 37 heavy (non-hydrogen) atoms. The van der Waals surface area contributed by atoms with Crippen molar-refractivity contribution in [1.82, 2.24) is 19.9 Å². The van der Waals surface area contributed by atoms with E-state index >= 15 is 0 Å². The van der Waals surface area contributed by atoms with E-state index in [4.69, 9.17) is 15.9 Å². The van der Waals surface area contributed by atoms with E-state index in [9.17, 15) is 9.59 Å². The standard InChI is InChI=1S/C26H32N8O3/c1-3-5-20(27)21-22(29-2)25(36)33-24(32-21)17-6-4-7-19(12-17)37-15-16-8-10-34(11-9-16)26-30-13-18(14-31-26)23(28)35/h4,6-7,12-14,16,27,29H,3,5,8-11,15H2,1-2H3,(H2,28,35)(H,32,33,36). The van der Waals surface area contributed by atoms with Gasteiger partial charge in [-0.3, -0.25) is 9.59 Å². The van der Waals surface area contributed by atoms with Gasteiger partial charge in [0.25, 0.3) is 11.5 Å². The molecule has 4 rings (SSSR count). The number of primary amides is 1. The molecule has 0 saturated carbocycles. The number of benzene rings is 1. The molecular formula is C26H32N8O3. The molecule has 3 heterocycles. The fourth-order valence-corrected chi connectivity index (χ4v) is 4.29. The van der Waals surface area contributed by atoms with Crippen LogP contribution in [0.4, 0.5) is 11.6 Å². The molecule has 2 aromatic heterocycles. The molecule has 1 aliphatic rings. The number of carbonyl (C=O) groups is 1. The Morgan fingerprint density at radius 2 is 2.00 bits per heavy atom. The van der Waals surface area contributed by atoms with E-state index < -0.39 is 5.91 Å². The van der Waals surface area contributed by atoms with Crippen LogP contribution < -0.4 is 26.2 Å². The first-order valence-corrected chi connectivity index (χ1v) is 12.4. The van der Waals surface area contributed by atoms with Crippen LogP contribution in [0.2, 0.25) is 0 Å². The summed E-state index contributed by atoms with van der Waals surface area (Å²) in [7, 11) is 1.65. The van der Waals surface area contributed by atoms with Crippen LogP contribution in [0.15, 0.2) is 41.5 Å². The lowest BCUT2D eigenvalue weighted by Gasteiger charge is -2.31. The highest BCUT2D eigenvalue weighted by Crippen LogP contribution is 2.25. The normalized spacial score (nSPS) is 13.8. The summed E-state index contributed by atoms with van der Waals surface area (Å²) in [6, 6.07) is 7.46. The molecule has 0 bridgehead atoms. The number of hydrogen-bond acceptors (Lipinski definition) is 9. The fraction of sp³-hybridized carbons (Fsp3) is 0.385. The molecule has 3 aromatic rings. The minimum absolute atomic E-state index is 0.293. The second kappa shape index (κ2) is 11.6. The Hall–Kier alpha value is -4.28. The number of piperidine rings is 1. The van der Waals surface area contributed by atoms with Crippen LogP contribution in [0.5, 0.6) is 5.75 Å². The number of anilines is 2. The van der Waals surface area contributed by atoms with Gasteiger partial charge in [-0.2, -0.15) is 0 Å². The van der Waals surface area contributed by atoms with E-state index in [1.165, 1.54) is 12.4 Å². The minimum Gasteiger partial charge on any atom is -0.493 e. The van der Waals surface area contributed by atoms with Gasteiger partial charge in [-0.1, -0.05) is 25.5 Å². The summed E-state index contributed by atoms with van der Waals surface area (Å²) in [5.74, 6) is 1.52. The minimum atomic E-state index is -0.542. The number of aromatic nitrogens is 4. The highest BCUT2D eigenvalue weighted by atomic mass is 16.5. The monoisotopic (exact) mass is 504 g/mol. The maximum atomic E-state index is 12.6. The van der Waals surface area contributed by atoms with Crippen molar-refractivity contribution in [2.45, 2.75) is 32.6 Å². The largest absolute Gasteiger partial charge is 0.493 e. The lowest BCUT2D eigenvalue weighted by molar-refractivity contribution is 0.0999. The van der Waals surface area contributed by atoms with Gasteiger partial charge in [0.05, 0.1) is 17.9 Å². The fourth-order valence-electron chi connectivity index (χ4n) is 4.29. The Labute approximate surface area is 215 Å². The van der Waals surface area contributed by atoms with Gasteiger partial charge in [0, 0.05) is 38.1 Å². The molecule has 1 aliphatic heterocycles. The third-order valence-electron chi connectivity index (χ3n) is 6.37. The predicted octanol–water partition coefficient (Wildman–Crippen LogP) is 2.83. The van der Waals surface area contributed by atoms with Gasteiger partial charge in [-0.15, -0.1) is 0 Å². The molecule has 1 saturated heterocycles. The molecule has 0 unspecified atom stereocenters. The van der Waals surface area contributed by atoms with Crippen molar-refractivity contribution in [3.63, 3.8) is 0 Å². The Balaban J connectivity index is 1.39. The van der Waals surface area contributed by atoms with E-state index in [0.29, 0.717) is 64.7 Å². The molecule has 5 N–H and O–H groups in total. The highest BCUT2D eigenvalue weighted by Gasteiger charge is 2.22. The topological polar surface area (TPSA) is 163 Å². The molecule has 0 radical (unpaired) electrons. The number of carbonyl (C=O) groups excluding carboxylic acids is 1. The van der Waals surface area contributed by atoms with Gasteiger partial charge in [0.1, 0.15) is 23.0 Å². The Morgan fingerprint density at radius 3 is 2.65 bits per heavy atom. The van der Waals surface area contributed by atoms with Crippen molar-refractivity contribution in [2.75, 3.05) is 37.0 Å². The summed E-state index contributed by atoms with van der Waals surface area (Å²) < 4.78 is 6.11. The van der Waals surface area contributed by atoms with Crippen molar-refractivity contribution in [3.8, 4) is 17.1 Å². The smallest absolute Gasteiger partial charge is 0.275 e. The summed E-state index contributed by atoms with van der Waals surface area (Å²) >= 11 is 0. The van der Waals surface area contributed by atoms with Crippen molar-refractivity contribution < 1.29 is 9.53 Å². The van der Waals surface area contributed by atoms with Crippen LogP contribution >= 0.6 is 0 Å². The molecule has 0 atom stereocenters. The first-order chi connectivity index (χ1) is 17.9. The van der Waals surface area contributed by atoms with Crippen molar-refractivity contribution in [3.05, 3.63) is 58.3 Å². The number of nitrogens with two attached hydrogens (primary N) is 1. The van der Waals surface area contributed by atoms with Crippen molar-refractivity contribution in [2.24, 2.45) is 11.7 Å². The van der Waals surface area contributed by atoms with Gasteiger partial charge in [0.15, 0.2) is 0 Å². The van der Waals surface area contributed by atoms with E-state index in [1.54, 1.807) is 7.05 Å². The van der Waals surface area contributed by atoms with E-state index in [-0.39, 0.29) is 5.56 Å². The van der Waals surface area contributed by atoms with Crippen LogP contribution in [-0.4, -0.2) is 58.3 Å². The third-order valence-corrected chi connectivity index (χ3v) is 6.37. The van der Waals surface area contributed by atoms with Crippen LogP contribution in [0, 0.1) is 11.3 Å². The first-order valence-electron chi connectivity index (χ1n) is 12.4. The molecule has 194 valence electrons. The Morgan fingerprint density at radius 1 is 1.27 bits per heavy atom. The van der Waals surface area contributed by atoms with Gasteiger partial charge in [-0.25, -0.2) is 15.0 Å². The summed E-state index contributed by atoms with van der Waals surface area (Å²) in [5, 5.41) is 11.2. The van der Waals surface area contributed by atoms with Gasteiger partial charge < -0.3 is 31.1 Å². The van der Waals surface area contributed by atoms with Crippen LogP contribution in [0.25, 0.3) is 11.4 Å². The summed E-state index contributed by atoms with van der Waals surface area (Å²) in [6.07, 6.45) is 6.08. The zero-order valence-corrected chi connectivity index (χ0v) is 21.1. The van der Waals surface area contributed by atoms with E-state index in [2.05, 4.69) is 30.2 Å². The molecule has 1 aromatic carbocycles. The van der Waals surface area contributed by atoms with Gasteiger partial charge in [-0.05, 0) is 37.3 Å². The molecular weight excluding hydrogens is 472 g/mol. The summed E-state index contributed by atoms with van der Waals surface area (Å²) in [5.41, 5.74) is 6.95. The molecule has 11 nitrogen and oxygen atoms in total. The third kappa shape index (κ3) is 6.11. The first kappa shape index (κ1) is 25.8. The Kier molecular flexibility index (Phi) is 8.11. The second-order valence-electron chi connectivity index (χ2n) is 9.02. The quantitative estimate of drug-likeness (QED) is 0.306.